The van der Waals surface area contributed by atoms with Crippen LogP contribution < -0.4 is 0 Å². The maximum Gasteiger partial charge on any atom is 0.133 e. The van der Waals surface area contributed by atoms with Crippen molar-refractivity contribution in [2.45, 2.75) is 57.8 Å². The van der Waals surface area contributed by atoms with E-state index in [2.05, 4.69) is 12.1 Å². The van der Waals surface area contributed by atoms with Gasteiger partial charge >= 0.3 is 0 Å². The molecule has 0 saturated heterocycles. The van der Waals surface area contributed by atoms with Crippen molar-refractivity contribution in [3.05, 3.63) is 11.6 Å². The van der Waals surface area contributed by atoms with E-state index >= 15 is 0 Å². The van der Waals surface area contributed by atoms with Crippen molar-refractivity contribution in [1.29, 1.82) is 5.26 Å². The summed E-state index contributed by atoms with van der Waals surface area (Å²) in [4.78, 5) is 11.5. The molecule has 5 aliphatic carbocycles. The Labute approximate surface area is 121 Å². The van der Waals surface area contributed by atoms with Gasteiger partial charge in [-0.1, -0.05) is 6.08 Å². The Hall–Kier alpha value is -1.10. The molecule has 0 aromatic heterocycles. The van der Waals surface area contributed by atoms with Gasteiger partial charge in [-0.25, -0.2) is 0 Å². The van der Waals surface area contributed by atoms with Gasteiger partial charge in [0.2, 0.25) is 0 Å². The summed E-state index contributed by atoms with van der Waals surface area (Å²) in [6, 6.07) is 2.45. The lowest BCUT2D eigenvalue weighted by Crippen LogP contribution is -2.45. The second kappa shape index (κ2) is 4.45. The normalized spacial score (nSPS) is 46.8. The van der Waals surface area contributed by atoms with Crippen LogP contribution in [0.1, 0.15) is 57.8 Å². The minimum absolute atomic E-state index is 0.237. The summed E-state index contributed by atoms with van der Waals surface area (Å²) in [6.45, 7) is 0. The molecule has 0 radical (unpaired) electrons. The largest absolute Gasteiger partial charge is 0.300 e. The molecular formula is C18H23NO. The first kappa shape index (κ1) is 12.6. The summed E-state index contributed by atoms with van der Waals surface area (Å²) in [6.07, 6.45) is 12.8. The van der Waals surface area contributed by atoms with Gasteiger partial charge < -0.3 is 0 Å². The smallest absolute Gasteiger partial charge is 0.133 e. The van der Waals surface area contributed by atoms with Crippen molar-refractivity contribution in [3.63, 3.8) is 0 Å². The minimum Gasteiger partial charge on any atom is -0.300 e. The van der Waals surface area contributed by atoms with E-state index in [1.807, 2.05) is 0 Å². The van der Waals surface area contributed by atoms with Crippen molar-refractivity contribution in [3.8, 4) is 6.07 Å². The lowest BCUT2D eigenvalue weighted by atomic mass is 9.49. The number of carbonyl (C=O) groups is 1. The summed E-state index contributed by atoms with van der Waals surface area (Å²) in [5, 5.41) is 9.54. The molecule has 106 valence electrons. The average Bonchev–Trinajstić information content (AvgIpc) is 2.81. The number of rotatable bonds is 2. The van der Waals surface area contributed by atoms with Crippen LogP contribution in [0.4, 0.5) is 0 Å². The van der Waals surface area contributed by atoms with Crippen molar-refractivity contribution in [2.24, 2.45) is 29.1 Å². The molecule has 0 aromatic carbocycles. The zero-order chi connectivity index (χ0) is 13.7. The molecule has 0 N–H and O–H groups in total. The van der Waals surface area contributed by atoms with Gasteiger partial charge in [0.25, 0.3) is 0 Å². The molecule has 5 rings (SSSR count). The highest BCUT2D eigenvalue weighted by atomic mass is 16.1. The Morgan fingerprint density at radius 2 is 1.75 bits per heavy atom. The highest BCUT2D eigenvalue weighted by molar-refractivity contribution is 5.81. The summed E-state index contributed by atoms with van der Waals surface area (Å²) in [5.41, 5.74) is 1.27. The predicted octanol–water partition coefficient (Wildman–Crippen LogP) is 4.02. The van der Waals surface area contributed by atoms with Gasteiger partial charge in [0.05, 0.1) is 6.07 Å². The van der Waals surface area contributed by atoms with E-state index in [9.17, 15) is 10.1 Å². The quantitative estimate of drug-likeness (QED) is 0.710. The van der Waals surface area contributed by atoms with Crippen LogP contribution in [-0.4, -0.2) is 5.78 Å². The summed E-state index contributed by atoms with van der Waals surface area (Å²) in [5.74, 6) is 3.34. The third-order valence-electron chi connectivity index (χ3n) is 6.36. The lowest BCUT2D eigenvalue weighted by Gasteiger charge is -2.56. The van der Waals surface area contributed by atoms with E-state index in [1.54, 1.807) is 0 Å². The Balaban J connectivity index is 1.61. The van der Waals surface area contributed by atoms with Crippen LogP contribution in [0, 0.1) is 40.4 Å². The van der Waals surface area contributed by atoms with Crippen LogP contribution in [0.25, 0.3) is 0 Å². The number of Topliss-reactive ketones (excluding diaryl/α,β-unsaturated/α-hetero) is 1. The molecular weight excluding hydrogens is 246 g/mol. The number of carbonyl (C=O) groups excluding carboxylic acids is 1. The monoisotopic (exact) mass is 269 g/mol. The first-order valence-corrected chi connectivity index (χ1v) is 8.30. The zero-order valence-electron chi connectivity index (χ0n) is 12.1. The molecule has 2 heteroatoms. The average molecular weight is 269 g/mol. The predicted molar refractivity (Wildman–Crippen MR) is 76.6 cm³/mol. The summed E-state index contributed by atoms with van der Waals surface area (Å²) >= 11 is 0. The fourth-order valence-electron chi connectivity index (χ4n) is 6.01. The fourth-order valence-corrected chi connectivity index (χ4v) is 6.01. The van der Waals surface area contributed by atoms with E-state index in [0.29, 0.717) is 24.0 Å². The number of ketones is 1. The molecule has 0 aliphatic heterocycles. The van der Waals surface area contributed by atoms with Crippen LogP contribution in [-0.2, 0) is 4.79 Å². The molecule has 5 aliphatic rings. The minimum atomic E-state index is 0.237. The summed E-state index contributed by atoms with van der Waals surface area (Å²) in [7, 11) is 0. The molecule has 20 heavy (non-hydrogen) atoms. The first-order chi connectivity index (χ1) is 9.66. The third kappa shape index (κ3) is 2.03. The maximum absolute atomic E-state index is 11.5. The van der Waals surface area contributed by atoms with Gasteiger partial charge in [-0.3, -0.25) is 4.79 Å². The van der Waals surface area contributed by atoms with Crippen LogP contribution in [0.2, 0.25) is 0 Å². The second-order valence-corrected chi connectivity index (χ2v) is 7.97. The van der Waals surface area contributed by atoms with Gasteiger partial charge in [0.15, 0.2) is 0 Å². The standard InChI is InChI=1S/C18H23NO/c19-11-16(15-1-2-17(20)6-15)10-18-7-12-3-13(8-18)5-14(4-12)9-18/h10,12-15H,1-9H2/b16-10-. The van der Waals surface area contributed by atoms with Crippen LogP contribution in [0.15, 0.2) is 11.6 Å². The molecule has 0 amide bonds. The Morgan fingerprint density at radius 3 is 2.20 bits per heavy atom. The Morgan fingerprint density at radius 1 is 1.15 bits per heavy atom. The Bertz CT molecular complexity index is 475. The first-order valence-electron chi connectivity index (χ1n) is 8.30. The molecule has 1 atom stereocenters. The number of hydrogen-bond donors (Lipinski definition) is 0. The SMILES string of the molecule is N#C/C(=C/C12CC3CC(CC(C3)C1)C2)C1CCC(=O)C1. The van der Waals surface area contributed by atoms with Crippen molar-refractivity contribution in [1.82, 2.24) is 0 Å². The van der Waals surface area contributed by atoms with Gasteiger partial charge in [-0.15, -0.1) is 0 Å². The maximum atomic E-state index is 11.5. The second-order valence-electron chi connectivity index (χ2n) is 7.97. The number of hydrogen-bond acceptors (Lipinski definition) is 2. The number of nitrogens with zero attached hydrogens (tertiary/aromatic N) is 1. The summed E-state index contributed by atoms with van der Waals surface area (Å²) < 4.78 is 0. The van der Waals surface area contributed by atoms with E-state index in [0.717, 1.165) is 29.7 Å². The molecule has 0 aromatic rings. The van der Waals surface area contributed by atoms with Crippen LogP contribution in [0.3, 0.4) is 0 Å². The molecule has 0 heterocycles. The Kier molecular flexibility index (Phi) is 2.81. The highest BCUT2D eigenvalue weighted by Crippen LogP contribution is 2.61. The van der Waals surface area contributed by atoms with Crippen LogP contribution in [0.5, 0.6) is 0 Å². The van der Waals surface area contributed by atoms with E-state index in [1.165, 1.54) is 38.5 Å². The van der Waals surface area contributed by atoms with Gasteiger partial charge in [0.1, 0.15) is 5.78 Å². The molecule has 2 nitrogen and oxygen atoms in total. The number of nitriles is 1. The van der Waals surface area contributed by atoms with E-state index in [-0.39, 0.29) is 5.92 Å². The van der Waals surface area contributed by atoms with Gasteiger partial charge in [-0.2, -0.15) is 5.26 Å². The third-order valence-corrected chi connectivity index (χ3v) is 6.36. The molecule has 0 spiro atoms. The molecule has 1 unspecified atom stereocenters. The lowest BCUT2D eigenvalue weighted by molar-refractivity contribution is -0.117. The molecule has 4 bridgehead atoms. The number of allylic oxidation sites excluding steroid dienone is 2. The van der Waals surface area contributed by atoms with Crippen LogP contribution >= 0.6 is 0 Å². The zero-order valence-corrected chi connectivity index (χ0v) is 12.1. The molecule has 5 saturated carbocycles. The highest BCUT2D eigenvalue weighted by Gasteiger charge is 2.50. The van der Waals surface area contributed by atoms with E-state index < -0.39 is 0 Å². The van der Waals surface area contributed by atoms with Gasteiger partial charge in [0, 0.05) is 24.3 Å². The fraction of sp³-hybridized carbons (Fsp3) is 0.778. The van der Waals surface area contributed by atoms with Gasteiger partial charge in [-0.05, 0) is 68.1 Å². The van der Waals surface area contributed by atoms with Crippen molar-refractivity contribution >= 4 is 5.78 Å². The molecule has 5 fully saturated rings. The van der Waals surface area contributed by atoms with E-state index in [4.69, 9.17) is 0 Å². The van der Waals surface area contributed by atoms with Crippen molar-refractivity contribution in [2.75, 3.05) is 0 Å². The van der Waals surface area contributed by atoms with Crippen molar-refractivity contribution < 1.29 is 4.79 Å². The topological polar surface area (TPSA) is 40.9 Å².